The molecule has 1 heterocycles. The van der Waals surface area contributed by atoms with Crippen LogP contribution < -0.4 is 4.90 Å². The van der Waals surface area contributed by atoms with Gasteiger partial charge in [0.25, 0.3) is 0 Å². The van der Waals surface area contributed by atoms with Crippen LogP contribution in [0.25, 0.3) is 0 Å². The number of nitrogens with zero attached hydrogens (tertiary/aromatic N) is 3. The number of hydrogen-bond acceptors (Lipinski definition) is 3. The van der Waals surface area contributed by atoms with Crippen LogP contribution in [-0.2, 0) is 11.3 Å². The Labute approximate surface area is 159 Å². The van der Waals surface area contributed by atoms with Gasteiger partial charge in [0, 0.05) is 45.5 Å². The minimum atomic E-state index is -0.293. The number of piperazine rings is 1. The zero-order chi connectivity index (χ0) is 19.4. The van der Waals surface area contributed by atoms with Crippen molar-refractivity contribution in [2.45, 2.75) is 19.5 Å². The molecule has 1 aliphatic rings. The normalized spacial score (nSPS) is 16.2. The molecule has 0 bridgehead atoms. The summed E-state index contributed by atoms with van der Waals surface area (Å²) in [6, 6.07) is 12.6. The van der Waals surface area contributed by atoms with Crippen molar-refractivity contribution in [2.24, 2.45) is 0 Å². The highest BCUT2D eigenvalue weighted by Crippen LogP contribution is 2.18. The zero-order valence-corrected chi connectivity index (χ0v) is 15.7. The molecular weight excluding hydrogens is 348 g/mol. The first-order valence-corrected chi connectivity index (χ1v) is 9.18. The molecule has 4 nitrogen and oxygen atoms in total. The average molecular weight is 373 g/mol. The topological polar surface area (TPSA) is 26.8 Å². The van der Waals surface area contributed by atoms with Crippen LogP contribution in [0.3, 0.4) is 0 Å². The Morgan fingerprint density at radius 2 is 1.70 bits per heavy atom. The summed E-state index contributed by atoms with van der Waals surface area (Å²) in [5.74, 6) is -0.509. The van der Waals surface area contributed by atoms with E-state index < -0.39 is 0 Å². The molecule has 1 amide bonds. The second kappa shape index (κ2) is 8.48. The number of carbonyl (C=O) groups is 1. The zero-order valence-electron chi connectivity index (χ0n) is 15.7. The number of halogens is 2. The van der Waals surface area contributed by atoms with Crippen LogP contribution in [0.2, 0.25) is 0 Å². The van der Waals surface area contributed by atoms with Gasteiger partial charge in [-0.05, 0) is 48.9 Å². The van der Waals surface area contributed by atoms with Crippen molar-refractivity contribution >= 4 is 11.6 Å². The minimum Gasteiger partial charge on any atom is -0.369 e. The molecule has 0 aromatic heterocycles. The maximum atomic E-state index is 13.3. The average Bonchev–Trinajstić information content (AvgIpc) is 2.67. The highest BCUT2D eigenvalue weighted by atomic mass is 19.1. The Hall–Kier alpha value is -2.47. The van der Waals surface area contributed by atoms with Gasteiger partial charge in [0.15, 0.2) is 0 Å². The van der Waals surface area contributed by atoms with E-state index in [1.807, 2.05) is 13.0 Å². The molecule has 0 saturated carbocycles. The molecule has 2 aromatic rings. The lowest BCUT2D eigenvalue weighted by Crippen LogP contribution is -2.54. The Morgan fingerprint density at radius 3 is 2.33 bits per heavy atom. The molecule has 6 heteroatoms. The van der Waals surface area contributed by atoms with E-state index in [2.05, 4.69) is 9.80 Å². The van der Waals surface area contributed by atoms with Gasteiger partial charge in [-0.1, -0.05) is 12.1 Å². The van der Waals surface area contributed by atoms with Crippen LogP contribution >= 0.6 is 0 Å². The molecule has 0 aliphatic carbocycles. The molecule has 1 aliphatic heterocycles. The van der Waals surface area contributed by atoms with Gasteiger partial charge in [0.05, 0.1) is 6.04 Å². The molecule has 0 radical (unpaired) electrons. The summed E-state index contributed by atoms with van der Waals surface area (Å²) >= 11 is 0. The molecule has 1 fully saturated rings. The molecule has 1 saturated heterocycles. The number of anilines is 1. The second-order valence-electron chi connectivity index (χ2n) is 7.00. The molecule has 1 unspecified atom stereocenters. The van der Waals surface area contributed by atoms with Crippen LogP contribution in [0.15, 0.2) is 48.5 Å². The summed E-state index contributed by atoms with van der Waals surface area (Å²) in [6.45, 7) is 5.40. The van der Waals surface area contributed by atoms with Crippen LogP contribution in [0.1, 0.15) is 12.5 Å². The van der Waals surface area contributed by atoms with Crippen molar-refractivity contribution in [2.75, 3.05) is 38.1 Å². The summed E-state index contributed by atoms with van der Waals surface area (Å²) in [7, 11) is 1.75. The summed E-state index contributed by atoms with van der Waals surface area (Å²) in [5, 5.41) is 0. The summed E-state index contributed by atoms with van der Waals surface area (Å²) in [4.78, 5) is 18.8. The minimum absolute atomic E-state index is 0.0227. The Balaban J connectivity index is 1.54. The third-order valence-corrected chi connectivity index (χ3v) is 5.10. The maximum absolute atomic E-state index is 13.3. The van der Waals surface area contributed by atoms with Crippen molar-refractivity contribution < 1.29 is 13.6 Å². The number of likely N-dealkylation sites (N-methyl/N-ethyl adjacent to an activating group) is 1. The number of hydrogen-bond donors (Lipinski definition) is 0. The van der Waals surface area contributed by atoms with Gasteiger partial charge in [0.1, 0.15) is 11.6 Å². The second-order valence-corrected chi connectivity index (χ2v) is 7.00. The van der Waals surface area contributed by atoms with Gasteiger partial charge in [-0.15, -0.1) is 0 Å². The number of benzene rings is 2. The van der Waals surface area contributed by atoms with Gasteiger partial charge < -0.3 is 9.80 Å². The van der Waals surface area contributed by atoms with Gasteiger partial charge in [0.2, 0.25) is 5.91 Å². The molecule has 1 atom stereocenters. The van der Waals surface area contributed by atoms with Gasteiger partial charge in [-0.2, -0.15) is 0 Å². The number of rotatable bonds is 5. The van der Waals surface area contributed by atoms with Crippen molar-refractivity contribution in [3.05, 3.63) is 65.7 Å². The molecule has 0 N–H and O–H groups in total. The van der Waals surface area contributed by atoms with E-state index in [-0.39, 0.29) is 23.6 Å². The van der Waals surface area contributed by atoms with Crippen molar-refractivity contribution in [1.29, 1.82) is 0 Å². The van der Waals surface area contributed by atoms with Crippen LogP contribution in [0.5, 0.6) is 0 Å². The van der Waals surface area contributed by atoms with E-state index in [4.69, 9.17) is 0 Å². The fraction of sp³-hybridized carbons (Fsp3) is 0.381. The predicted octanol–water partition coefficient (Wildman–Crippen LogP) is 3.13. The van der Waals surface area contributed by atoms with E-state index >= 15 is 0 Å². The van der Waals surface area contributed by atoms with E-state index in [0.29, 0.717) is 6.54 Å². The lowest BCUT2D eigenvalue weighted by atomic mass is 10.1. The molecule has 27 heavy (non-hydrogen) atoms. The van der Waals surface area contributed by atoms with Crippen LogP contribution in [-0.4, -0.2) is 55.0 Å². The lowest BCUT2D eigenvalue weighted by Gasteiger charge is -2.39. The molecule has 144 valence electrons. The Morgan fingerprint density at radius 1 is 1.04 bits per heavy atom. The SMILES string of the molecule is CC(C(=O)N(C)Cc1cccc(F)c1)N1CCN(c2ccc(F)cc2)CC1. The van der Waals surface area contributed by atoms with Crippen molar-refractivity contribution in [3.63, 3.8) is 0 Å². The molecule has 2 aromatic carbocycles. The summed E-state index contributed by atoms with van der Waals surface area (Å²) in [6.07, 6.45) is 0. The van der Waals surface area contributed by atoms with Gasteiger partial charge in [-0.25, -0.2) is 8.78 Å². The predicted molar refractivity (Wildman–Crippen MR) is 103 cm³/mol. The molecule has 3 rings (SSSR count). The fourth-order valence-electron chi connectivity index (χ4n) is 3.48. The van der Waals surface area contributed by atoms with Crippen LogP contribution in [0, 0.1) is 11.6 Å². The first-order chi connectivity index (χ1) is 12.9. The third kappa shape index (κ3) is 4.83. The highest BCUT2D eigenvalue weighted by molar-refractivity contribution is 5.81. The van der Waals surface area contributed by atoms with Crippen LogP contribution in [0.4, 0.5) is 14.5 Å². The molecule has 0 spiro atoms. The molecular formula is C21H25F2N3O. The summed E-state index contributed by atoms with van der Waals surface area (Å²) < 4.78 is 26.4. The first kappa shape index (κ1) is 19.3. The third-order valence-electron chi connectivity index (χ3n) is 5.10. The Bertz CT molecular complexity index is 773. The number of amides is 1. The maximum Gasteiger partial charge on any atom is 0.239 e. The highest BCUT2D eigenvalue weighted by Gasteiger charge is 2.27. The monoisotopic (exact) mass is 373 g/mol. The van der Waals surface area contributed by atoms with Crippen molar-refractivity contribution in [3.8, 4) is 0 Å². The standard InChI is InChI=1S/C21H25F2N3O/c1-16(21(27)24(2)15-17-4-3-5-19(23)14-17)25-10-12-26(13-11-25)20-8-6-18(22)7-9-20/h3-9,14,16H,10-13,15H2,1-2H3. The first-order valence-electron chi connectivity index (χ1n) is 9.18. The van der Waals surface area contributed by atoms with Gasteiger partial charge in [-0.3, -0.25) is 9.69 Å². The van der Waals surface area contributed by atoms with E-state index in [0.717, 1.165) is 37.4 Å². The quantitative estimate of drug-likeness (QED) is 0.806. The smallest absolute Gasteiger partial charge is 0.239 e. The Kier molecular flexibility index (Phi) is 6.06. The summed E-state index contributed by atoms with van der Waals surface area (Å²) in [5.41, 5.74) is 1.78. The number of carbonyl (C=O) groups excluding carboxylic acids is 1. The van der Waals surface area contributed by atoms with Crippen molar-refractivity contribution in [1.82, 2.24) is 9.80 Å². The van der Waals surface area contributed by atoms with E-state index in [1.165, 1.54) is 24.3 Å². The van der Waals surface area contributed by atoms with E-state index in [1.54, 1.807) is 30.1 Å². The largest absolute Gasteiger partial charge is 0.369 e. The lowest BCUT2D eigenvalue weighted by molar-refractivity contribution is -0.135. The van der Waals surface area contributed by atoms with Gasteiger partial charge >= 0.3 is 0 Å². The fourth-order valence-corrected chi connectivity index (χ4v) is 3.48. The van der Waals surface area contributed by atoms with E-state index in [9.17, 15) is 13.6 Å².